The van der Waals surface area contributed by atoms with E-state index in [1.165, 1.54) is 11.7 Å². The fraction of sp³-hybridized carbons (Fsp3) is 0.385. The second-order valence-electron chi connectivity index (χ2n) is 4.24. The number of aromatic nitrogens is 2. The van der Waals surface area contributed by atoms with Crippen LogP contribution in [0.15, 0.2) is 24.4 Å². The molecule has 2 aromatic rings. The third kappa shape index (κ3) is 3.89. The van der Waals surface area contributed by atoms with Crippen LogP contribution in [0, 0.1) is 0 Å². The zero-order valence-electron chi connectivity index (χ0n) is 10.6. The molecule has 102 valence electrons. The number of hydrogen-bond donors (Lipinski definition) is 1. The van der Waals surface area contributed by atoms with Crippen molar-refractivity contribution in [3.05, 3.63) is 45.7 Å². The molecule has 0 fully saturated rings. The lowest BCUT2D eigenvalue weighted by atomic mass is 10.0. The summed E-state index contributed by atoms with van der Waals surface area (Å²) in [5.74, 6) is 0. The molecular formula is C13H15Cl2N3S. The average Bonchev–Trinajstić information content (AvgIpc) is 2.91. The highest BCUT2D eigenvalue weighted by Gasteiger charge is 2.17. The van der Waals surface area contributed by atoms with Crippen LogP contribution in [0.5, 0.6) is 0 Å². The molecule has 1 N–H and O–H groups in total. The molecule has 0 radical (unpaired) electrons. The highest BCUT2D eigenvalue weighted by Crippen LogP contribution is 2.29. The summed E-state index contributed by atoms with van der Waals surface area (Å²) in [4.78, 5) is 0. The first kappa shape index (κ1) is 14.7. The Kier molecular flexibility index (Phi) is 5.58. The second kappa shape index (κ2) is 7.20. The van der Waals surface area contributed by atoms with Gasteiger partial charge in [-0.3, -0.25) is 0 Å². The summed E-state index contributed by atoms with van der Waals surface area (Å²) in [5.41, 5.74) is 1.89. The third-order valence-electron chi connectivity index (χ3n) is 2.85. The molecule has 0 aliphatic heterocycles. The summed E-state index contributed by atoms with van der Waals surface area (Å²) in [7, 11) is 0. The van der Waals surface area contributed by atoms with E-state index in [-0.39, 0.29) is 6.04 Å². The van der Waals surface area contributed by atoms with E-state index in [1.54, 1.807) is 6.20 Å². The average molecular weight is 316 g/mol. The molecule has 0 saturated heterocycles. The van der Waals surface area contributed by atoms with Gasteiger partial charge in [-0.05, 0) is 37.1 Å². The number of hydrogen-bond acceptors (Lipinski definition) is 4. The molecule has 1 unspecified atom stereocenters. The topological polar surface area (TPSA) is 37.8 Å². The molecule has 1 aromatic heterocycles. The molecular weight excluding hydrogens is 301 g/mol. The van der Waals surface area contributed by atoms with Gasteiger partial charge >= 0.3 is 0 Å². The smallest absolute Gasteiger partial charge is 0.0915 e. The van der Waals surface area contributed by atoms with Gasteiger partial charge < -0.3 is 5.32 Å². The van der Waals surface area contributed by atoms with Gasteiger partial charge in [0.05, 0.1) is 29.7 Å². The van der Waals surface area contributed by atoms with Gasteiger partial charge in [-0.15, -0.1) is 0 Å². The van der Waals surface area contributed by atoms with Crippen LogP contribution in [0.1, 0.15) is 30.6 Å². The number of benzene rings is 1. The predicted molar refractivity (Wildman–Crippen MR) is 81.1 cm³/mol. The van der Waals surface area contributed by atoms with E-state index in [2.05, 4.69) is 21.0 Å². The summed E-state index contributed by atoms with van der Waals surface area (Å²) < 4.78 is 8.37. The van der Waals surface area contributed by atoms with Crippen molar-refractivity contribution in [3.63, 3.8) is 0 Å². The van der Waals surface area contributed by atoms with Crippen molar-refractivity contribution in [1.82, 2.24) is 14.1 Å². The van der Waals surface area contributed by atoms with Gasteiger partial charge in [0.15, 0.2) is 0 Å². The molecule has 0 amide bonds. The Bertz CT molecular complexity index is 496. The maximum absolute atomic E-state index is 6.22. The van der Waals surface area contributed by atoms with Gasteiger partial charge in [0.2, 0.25) is 0 Å². The Morgan fingerprint density at radius 1 is 1.32 bits per heavy atom. The Morgan fingerprint density at radius 2 is 2.05 bits per heavy atom. The van der Waals surface area contributed by atoms with Crippen molar-refractivity contribution in [3.8, 4) is 0 Å². The Hall–Kier alpha value is -0.680. The Labute approximate surface area is 127 Å². The molecule has 0 spiro atoms. The number of nitrogens with one attached hydrogen (secondary N) is 1. The molecule has 1 atom stereocenters. The van der Waals surface area contributed by atoms with Crippen LogP contribution >= 0.6 is 34.9 Å². The number of halogens is 2. The van der Waals surface area contributed by atoms with Gasteiger partial charge in [-0.25, -0.2) is 0 Å². The normalized spacial score (nSPS) is 12.6. The Balaban J connectivity index is 2.20. The molecule has 6 heteroatoms. The van der Waals surface area contributed by atoms with Crippen LogP contribution in [0.2, 0.25) is 10.0 Å². The van der Waals surface area contributed by atoms with E-state index >= 15 is 0 Å². The van der Waals surface area contributed by atoms with Gasteiger partial charge in [0.25, 0.3) is 0 Å². The fourth-order valence-electron chi connectivity index (χ4n) is 1.86. The van der Waals surface area contributed by atoms with Gasteiger partial charge in [-0.2, -0.15) is 8.75 Å². The lowest BCUT2D eigenvalue weighted by Gasteiger charge is -2.17. The number of rotatable bonds is 6. The van der Waals surface area contributed by atoms with Gasteiger partial charge in [0.1, 0.15) is 0 Å². The molecule has 0 saturated carbocycles. The van der Waals surface area contributed by atoms with E-state index in [1.807, 2.05) is 18.2 Å². The lowest BCUT2D eigenvalue weighted by molar-refractivity contribution is 0.521. The fourth-order valence-corrected chi connectivity index (χ4v) is 2.88. The molecule has 3 nitrogen and oxygen atoms in total. The molecule has 0 aliphatic carbocycles. The van der Waals surface area contributed by atoms with Crippen molar-refractivity contribution >= 4 is 34.9 Å². The lowest BCUT2D eigenvalue weighted by Crippen LogP contribution is -2.24. The minimum absolute atomic E-state index is 0.0936. The first-order valence-corrected chi connectivity index (χ1v) is 7.64. The quantitative estimate of drug-likeness (QED) is 0.871. The van der Waals surface area contributed by atoms with E-state index in [0.29, 0.717) is 16.5 Å². The summed E-state index contributed by atoms with van der Waals surface area (Å²) >= 11 is 13.7. The van der Waals surface area contributed by atoms with Gasteiger partial charge in [-0.1, -0.05) is 36.2 Å². The van der Waals surface area contributed by atoms with E-state index in [4.69, 9.17) is 23.2 Å². The maximum Gasteiger partial charge on any atom is 0.0915 e. The third-order valence-corrected chi connectivity index (χ3v) is 4.05. The summed E-state index contributed by atoms with van der Waals surface area (Å²) in [6.45, 7) is 3.05. The SMILES string of the molecule is CCCNC(Cc1c(Cl)cccc1Cl)c1cnsn1. The zero-order valence-corrected chi connectivity index (χ0v) is 12.9. The van der Waals surface area contributed by atoms with E-state index in [0.717, 1.165) is 24.2 Å². The largest absolute Gasteiger partial charge is 0.308 e. The molecule has 1 heterocycles. The molecule has 0 bridgehead atoms. The predicted octanol–water partition coefficient (Wildman–Crippen LogP) is 4.13. The van der Waals surface area contributed by atoms with Crippen molar-refractivity contribution in [2.24, 2.45) is 0 Å². The van der Waals surface area contributed by atoms with Gasteiger partial charge in [0, 0.05) is 10.0 Å². The van der Waals surface area contributed by atoms with Crippen molar-refractivity contribution in [2.45, 2.75) is 25.8 Å². The van der Waals surface area contributed by atoms with Crippen LogP contribution < -0.4 is 5.32 Å². The highest BCUT2D eigenvalue weighted by atomic mass is 35.5. The first-order chi connectivity index (χ1) is 9.22. The standard InChI is InChI=1S/C13H15Cl2N3S/c1-2-6-16-12(13-8-17-19-18-13)7-9-10(14)4-3-5-11(9)15/h3-5,8,12,16H,2,6-7H2,1H3. The molecule has 2 rings (SSSR count). The van der Waals surface area contributed by atoms with Crippen LogP contribution in [0.4, 0.5) is 0 Å². The number of nitrogens with zero attached hydrogens (tertiary/aromatic N) is 2. The van der Waals surface area contributed by atoms with Crippen LogP contribution in [0.25, 0.3) is 0 Å². The van der Waals surface area contributed by atoms with E-state index in [9.17, 15) is 0 Å². The molecule has 19 heavy (non-hydrogen) atoms. The summed E-state index contributed by atoms with van der Waals surface area (Å²) in [6.07, 6.45) is 3.57. The van der Waals surface area contributed by atoms with Crippen LogP contribution in [-0.2, 0) is 6.42 Å². The summed E-state index contributed by atoms with van der Waals surface area (Å²) in [6, 6.07) is 5.67. The van der Waals surface area contributed by atoms with Crippen molar-refractivity contribution in [2.75, 3.05) is 6.54 Å². The zero-order chi connectivity index (χ0) is 13.7. The van der Waals surface area contributed by atoms with Crippen molar-refractivity contribution < 1.29 is 0 Å². The molecule has 1 aromatic carbocycles. The van der Waals surface area contributed by atoms with Crippen LogP contribution in [-0.4, -0.2) is 15.3 Å². The second-order valence-corrected chi connectivity index (χ2v) is 5.61. The van der Waals surface area contributed by atoms with E-state index < -0.39 is 0 Å². The minimum atomic E-state index is 0.0936. The maximum atomic E-state index is 6.22. The molecule has 0 aliphatic rings. The van der Waals surface area contributed by atoms with Crippen molar-refractivity contribution in [1.29, 1.82) is 0 Å². The monoisotopic (exact) mass is 315 g/mol. The highest BCUT2D eigenvalue weighted by molar-refractivity contribution is 6.99. The first-order valence-electron chi connectivity index (χ1n) is 6.16. The van der Waals surface area contributed by atoms with Crippen LogP contribution in [0.3, 0.4) is 0 Å². The Morgan fingerprint density at radius 3 is 2.63 bits per heavy atom. The summed E-state index contributed by atoms with van der Waals surface area (Å²) in [5, 5.41) is 4.85. The minimum Gasteiger partial charge on any atom is -0.308 e.